The summed E-state index contributed by atoms with van der Waals surface area (Å²) in [6, 6.07) is 0. The van der Waals surface area contributed by atoms with Gasteiger partial charge in [-0.15, -0.1) is 0 Å². The molecule has 1 rings (SSSR count). The molecule has 1 aliphatic carbocycles. The lowest BCUT2D eigenvalue weighted by Gasteiger charge is -2.35. The number of nitrogens with zero attached hydrogens (tertiary/aromatic N) is 1. The van der Waals surface area contributed by atoms with Crippen molar-refractivity contribution < 1.29 is 27.5 Å². The number of carbonyl (C=O) groups is 1. The van der Waals surface area contributed by atoms with Crippen LogP contribution in [-0.2, 0) is 4.79 Å². The van der Waals surface area contributed by atoms with Gasteiger partial charge in [0.15, 0.2) is 0 Å². The molecule has 1 N–H and O–H groups in total. The number of hydrogen-bond donors (Lipinski definition) is 1. The van der Waals surface area contributed by atoms with E-state index < -0.39 is 24.4 Å². The van der Waals surface area contributed by atoms with Gasteiger partial charge in [-0.2, -0.15) is 8.78 Å². The molecule has 0 radical (unpaired) electrons. The predicted octanol–water partition coefficient (Wildman–Crippen LogP) is 1.12. The number of halogens is 4. The molecule has 1 fully saturated rings. The van der Waals surface area contributed by atoms with Crippen LogP contribution in [0.1, 0.15) is 12.8 Å². The maximum absolute atomic E-state index is 12.6. The molecule has 0 saturated heterocycles. The van der Waals surface area contributed by atoms with Crippen LogP contribution < -0.4 is 0 Å². The third kappa shape index (κ3) is 2.63. The van der Waals surface area contributed by atoms with Crippen LogP contribution in [0.3, 0.4) is 0 Å². The second kappa shape index (κ2) is 4.57. The van der Waals surface area contributed by atoms with E-state index in [1.807, 2.05) is 0 Å². The Bertz CT molecular complexity index is 266. The minimum absolute atomic E-state index is 0.0296. The topological polar surface area (TPSA) is 40.5 Å². The first-order chi connectivity index (χ1) is 7.25. The highest BCUT2D eigenvalue weighted by atomic mass is 19.3. The molecule has 16 heavy (non-hydrogen) atoms. The first-order valence-electron chi connectivity index (χ1n) is 4.84. The first-order valence-corrected chi connectivity index (χ1v) is 4.84. The molecule has 7 heteroatoms. The molecule has 0 bridgehead atoms. The average Bonchev–Trinajstić information content (AvgIpc) is 2.13. The molecule has 1 amide bonds. The van der Waals surface area contributed by atoms with Crippen molar-refractivity contribution in [2.75, 3.05) is 13.6 Å². The van der Waals surface area contributed by atoms with Crippen LogP contribution in [0.15, 0.2) is 0 Å². The Kier molecular flexibility index (Phi) is 3.77. The van der Waals surface area contributed by atoms with Crippen molar-refractivity contribution >= 4 is 5.91 Å². The molecule has 0 heterocycles. The molecule has 1 saturated carbocycles. The Hall–Kier alpha value is -0.850. The highest BCUT2D eigenvalue weighted by Gasteiger charge is 2.50. The summed E-state index contributed by atoms with van der Waals surface area (Å²) in [4.78, 5) is 11.6. The molecule has 0 aliphatic heterocycles. The third-order valence-electron chi connectivity index (χ3n) is 2.65. The van der Waals surface area contributed by atoms with E-state index in [-0.39, 0.29) is 12.5 Å². The van der Waals surface area contributed by atoms with Crippen LogP contribution in [0, 0.1) is 5.92 Å². The standard InChI is InChI=1S/C9H13F4NO2/c1-14(4-5-2-6(15)3-5)8(16)9(12,13)7(10)11/h5-7,15H,2-4H2,1H3. The van der Waals surface area contributed by atoms with E-state index in [9.17, 15) is 22.4 Å². The maximum atomic E-state index is 12.6. The van der Waals surface area contributed by atoms with E-state index in [0.717, 1.165) is 7.05 Å². The van der Waals surface area contributed by atoms with Crippen molar-refractivity contribution in [1.82, 2.24) is 4.90 Å². The number of hydrogen-bond acceptors (Lipinski definition) is 2. The fourth-order valence-corrected chi connectivity index (χ4v) is 1.67. The molecule has 0 spiro atoms. The van der Waals surface area contributed by atoms with Crippen LogP contribution in [0.2, 0.25) is 0 Å². The second-order valence-corrected chi connectivity index (χ2v) is 4.10. The fraction of sp³-hybridized carbons (Fsp3) is 0.889. The maximum Gasteiger partial charge on any atom is 0.383 e. The predicted molar refractivity (Wildman–Crippen MR) is 47.3 cm³/mol. The van der Waals surface area contributed by atoms with Gasteiger partial charge in [0.1, 0.15) is 0 Å². The quantitative estimate of drug-likeness (QED) is 0.751. The molecule has 0 aromatic heterocycles. The van der Waals surface area contributed by atoms with Gasteiger partial charge >= 0.3 is 12.3 Å². The Morgan fingerprint density at radius 1 is 1.50 bits per heavy atom. The van der Waals surface area contributed by atoms with Crippen LogP contribution >= 0.6 is 0 Å². The van der Waals surface area contributed by atoms with Crippen LogP contribution in [0.4, 0.5) is 17.6 Å². The Morgan fingerprint density at radius 2 is 2.00 bits per heavy atom. The third-order valence-corrected chi connectivity index (χ3v) is 2.65. The van der Waals surface area contributed by atoms with Gasteiger partial charge in [-0.25, -0.2) is 8.78 Å². The Labute approximate surface area is 90.0 Å². The van der Waals surface area contributed by atoms with Crippen LogP contribution in [0.5, 0.6) is 0 Å². The largest absolute Gasteiger partial charge is 0.393 e. The second-order valence-electron chi connectivity index (χ2n) is 4.10. The van der Waals surface area contributed by atoms with Gasteiger partial charge in [-0.05, 0) is 18.8 Å². The van der Waals surface area contributed by atoms with Gasteiger partial charge in [-0.1, -0.05) is 0 Å². The van der Waals surface area contributed by atoms with E-state index >= 15 is 0 Å². The molecule has 1 aliphatic rings. The number of alkyl halides is 4. The number of aliphatic hydroxyl groups is 1. The normalized spacial score (nSPS) is 25.4. The Morgan fingerprint density at radius 3 is 2.38 bits per heavy atom. The van der Waals surface area contributed by atoms with Crippen molar-refractivity contribution in [3.05, 3.63) is 0 Å². The van der Waals surface area contributed by atoms with Gasteiger partial charge in [0.05, 0.1) is 6.10 Å². The number of rotatable bonds is 4. The number of amides is 1. The summed E-state index contributed by atoms with van der Waals surface area (Å²) in [6.45, 7) is -0.0296. The molecule has 94 valence electrons. The summed E-state index contributed by atoms with van der Waals surface area (Å²) in [5, 5.41) is 8.95. The summed E-state index contributed by atoms with van der Waals surface area (Å²) in [6.07, 6.45) is -3.63. The SMILES string of the molecule is CN(CC1CC(O)C1)C(=O)C(F)(F)C(F)F. The van der Waals surface area contributed by atoms with Gasteiger partial charge < -0.3 is 10.0 Å². The van der Waals surface area contributed by atoms with Crippen molar-refractivity contribution in [2.45, 2.75) is 31.3 Å². The highest BCUT2D eigenvalue weighted by Crippen LogP contribution is 2.30. The lowest BCUT2D eigenvalue weighted by atomic mass is 9.82. The molecule has 0 unspecified atom stereocenters. The zero-order valence-corrected chi connectivity index (χ0v) is 8.67. The monoisotopic (exact) mass is 243 g/mol. The minimum Gasteiger partial charge on any atom is -0.393 e. The van der Waals surface area contributed by atoms with Gasteiger partial charge in [0, 0.05) is 13.6 Å². The van der Waals surface area contributed by atoms with Crippen LogP contribution in [-0.4, -0.2) is 48.0 Å². The molecule has 0 aromatic rings. The van der Waals surface area contributed by atoms with Gasteiger partial charge in [0.25, 0.3) is 5.91 Å². The summed E-state index contributed by atoms with van der Waals surface area (Å²) in [5.41, 5.74) is 0. The van der Waals surface area contributed by atoms with Gasteiger partial charge in [0.2, 0.25) is 0 Å². The zero-order chi connectivity index (χ0) is 12.5. The summed E-state index contributed by atoms with van der Waals surface area (Å²) in [5.74, 6) is -6.58. The molecule has 0 aromatic carbocycles. The lowest BCUT2D eigenvalue weighted by molar-refractivity contribution is -0.180. The van der Waals surface area contributed by atoms with E-state index in [1.54, 1.807) is 0 Å². The molecule has 0 atom stereocenters. The number of carbonyl (C=O) groups excluding carboxylic acids is 1. The van der Waals surface area contributed by atoms with Crippen molar-refractivity contribution in [1.29, 1.82) is 0 Å². The average molecular weight is 243 g/mol. The van der Waals surface area contributed by atoms with Gasteiger partial charge in [-0.3, -0.25) is 4.79 Å². The number of aliphatic hydroxyl groups excluding tert-OH is 1. The van der Waals surface area contributed by atoms with E-state index in [4.69, 9.17) is 5.11 Å². The summed E-state index contributed by atoms with van der Waals surface area (Å²) < 4.78 is 49.1. The smallest absolute Gasteiger partial charge is 0.383 e. The minimum atomic E-state index is -4.63. The van der Waals surface area contributed by atoms with E-state index in [0.29, 0.717) is 17.7 Å². The van der Waals surface area contributed by atoms with Crippen molar-refractivity contribution in [3.63, 3.8) is 0 Å². The summed E-state index contributed by atoms with van der Waals surface area (Å²) >= 11 is 0. The molecular weight excluding hydrogens is 230 g/mol. The van der Waals surface area contributed by atoms with Crippen molar-refractivity contribution in [3.8, 4) is 0 Å². The summed E-state index contributed by atoms with van der Waals surface area (Å²) in [7, 11) is 1.06. The van der Waals surface area contributed by atoms with E-state index in [1.165, 1.54) is 0 Å². The van der Waals surface area contributed by atoms with Crippen molar-refractivity contribution in [2.24, 2.45) is 5.92 Å². The highest BCUT2D eigenvalue weighted by molar-refractivity contribution is 5.83. The van der Waals surface area contributed by atoms with E-state index in [2.05, 4.69) is 0 Å². The fourth-order valence-electron chi connectivity index (χ4n) is 1.67. The first kappa shape index (κ1) is 13.2. The molecule has 3 nitrogen and oxygen atoms in total. The molecular formula is C9H13F4NO2. The van der Waals surface area contributed by atoms with Crippen LogP contribution in [0.25, 0.3) is 0 Å². The zero-order valence-electron chi connectivity index (χ0n) is 8.67. The lowest BCUT2D eigenvalue weighted by Crippen LogP contribution is -2.49. The Balaban J connectivity index is 2.47.